The molecule has 0 amide bonds. The molecule has 0 spiro atoms. The van der Waals surface area contributed by atoms with E-state index < -0.39 is 0 Å². The molecule has 0 N–H and O–H groups in total. The van der Waals surface area contributed by atoms with Gasteiger partial charge >= 0.3 is 0 Å². The molecule has 324 valence electrons. The first kappa shape index (κ1) is 43.1. The molecule has 0 atom stereocenters. The third-order valence-electron chi connectivity index (χ3n) is 13.5. The van der Waals surface area contributed by atoms with Gasteiger partial charge in [-0.2, -0.15) is 0 Å². The number of hydrogen-bond donors (Lipinski definition) is 0. The average Bonchev–Trinajstić information content (AvgIpc) is 3.28. The molecule has 2 nitrogen and oxygen atoms in total. The largest absolute Gasteiger partial charge is 0.456 e. The maximum atomic E-state index is 7.29. The maximum absolute atomic E-state index is 7.29. The lowest BCUT2D eigenvalue weighted by Crippen LogP contribution is -2.26. The number of rotatable bonds is 10. The van der Waals surface area contributed by atoms with E-state index in [0.717, 1.165) is 55.7 Å². The van der Waals surface area contributed by atoms with E-state index in [1.165, 1.54) is 66.8 Å². The van der Waals surface area contributed by atoms with Crippen molar-refractivity contribution in [3.05, 3.63) is 200 Å². The van der Waals surface area contributed by atoms with Crippen molar-refractivity contribution >= 4 is 11.1 Å². The van der Waals surface area contributed by atoms with Crippen LogP contribution in [0.2, 0.25) is 0 Å². The molecule has 2 aliphatic rings. The molecule has 0 saturated heterocycles. The zero-order valence-electron chi connectivity index (χ0n) is 40.0. The van der Waals surface area contributed by atoms with Gasteiger partial charge in [-0.05, 0) is 139 Å². The molecule has 0 unspecified atom stereocenters. The first-order chi connectivity index (χ1) is 30.7. The summed E-state index contributed by atoms with van der Waals surface area (Å²) in [4.78, 5) is 0. The van der Waals surface area contributed by atoms with Gasteiger partial charge in [0.1, 0.15) is 23.0 Å². The second-order valence-electron chi connectivity index (χ2n) is 20.0. The summed E-state index contributed by atoms with van der Waals surface area (Å²) in [5, 5.41) is 2.12. The van der Waals surface area contributed by atoms with Crippen LogP contribution in [0.3, 0.4) is 0 Å². The Hall–Kier alpha value is -6.12. The van der Waals surface area contributed by atoms with Gasteiger partial charge in [0, 0.05) is 32.7 Å². The van der Waals surface area contributed by atoms with Gasteiger partial charge in [-0.1, -0.05) is 180 Å². The van der Waals surface area contributed by atoms with Crippen LogP contribution in [-0.2, 0) is 0 Å². The lowest BCUT2D eigenvalue weighted by atomic mass is 9.77. The SMILES string of the molecule is CC(C)c1cc(C(C)C)c(C2=c3cc4c(cc3Oc3cc(-c5ccccc5)ccc32)=C(c2c(C(C)C)cc(C(C)C)cc2C(C)C)c2ccc(-c3ccccc3)cc2O4)c(C(C)C)c1. The lowest BCUT2D eigenvalue weighted by molar-refractivity contribution is 0.455. The van der Waals surface area contributed by atoms with Crippen LogP contribution in [0.1, 0.15) is 174 Å². The molecule has 7 aromatic carbocycles. The van der Waals surface area contributed by atoms with Gasteiger partial charge in [0.05, 0.1) is 0 Å². The van der Waals surface area contributed by atoms with Crippen LogP contribution in [-0.4, -0.2) is 0 Å². The van der Waals surface area contributed by atoms with Crippen molar-refractivity contribution in [1.29, 1.82) is 0 Å². The lowest BCUT2D eigenvalue weighted by Gasteiger charge is -2.30. The van der Waals surface area contributed by atoms with Gasteiger partial charge in [-0.3, -0.25) is 0 Å². The van der Waals surface area contributed by atoms with Gasteiger partial charge in [0.15, 0.2) is 0 Å². The van der Waals surface area contributed by atoms with Gasteiger partial charge in [0.2, 0.25) is 0 Å². The van der Waals surface area contributed by atoms with Crippen molar-refractivity contribution < 1.29 is 9.47 Å². The molecule has 2 heterocycles. The van der Waals surface area contributed by atoms with Crippen molar-refractivity contribution in [2.24, 2.45) is 0 Å². The van der Waals surface area contributed by atoms with Crippen LogP contribution in [0, 0.1) is 0 Å². The fourth-order valence-electron chi connectivity index (χ4n) is 9.92. The fourth-order valence-corrected chi connectivity index (χ4v) is 9.92. The van der Waals surface area contributed by atoms with Crippen LogP contribution in [0.4, 0.5) is 0 Å². The molecule has 64 heavy (non-hydrogen) atoms. The smallest absolute Gasteiger partial charge is 0.136 e. The standard InChI is InChI=1S/C62H64O2/c1-35(2)45-27-49(37(5)6)61(50(28-45)38(7)8)59-47-25-23-43(41-19-15-13-16-20-41)31-55(47)63-57-34-54-58(33-53(57)59)64-56-32-44(42-21-17-14-18-22-42)24-26-48(56)60(54)62-51(39(9)10)29-46(36(3)4)30-52(62)40(11)12/h13-40H,1-12H3. The van der Waals surface area contributed by atoms with Crippen LogP contribution in [0.15, 0.2) is 133 Å². The molecule has 2 heteroatoms. The minimum absolute atomic E-state index is 0.298. The quantitative estimate of drug-likeness (QED) is 0.137. The average molecular weight is 841 g/mol. The Bertz CT molecular complexity index is 2770. The Kier molecular flexibility index (Phi) is 11.5. The highest BCUT2D eigenvalue weighted by atomic mass is 16.5. The minimum Gasteiger partial charge on any atom is -0.456 e. The van der Waals surface area contributed by atoms with Crippen molar-refractivity contribution in [2.45, 2.75) is 119 Å². The molecule has 0 aromatic heterocycles. The molecule has 9 rings (SSSR count). The molecule has 0 radical (unpaired) electrons. The predicted molar refractivity (Wildman–Crippen MR) is 270 cm³/mol. The van der Waals surface area contributed by atoms with Crippen LogP contribution in [0.5, 0.6) is 23.0 Å². The number of fused-ring (bicyclic) bond motifs is 4. The van der Waals surface area contributed by atoms with E-state index in [-0.39, 0.29) is 0 Å². The number of ether oxygens (including phenoxy) is 2. The Morgan fingerprint density at radius 1 is 0.297 bits per heavy atom. The van der Waals surface area contributed by atoms with Gasteiger partial charge in [-0.15, -0.1) is 0 Å². The topological polar surface area (TPSA) is 18.5 Å². The second kappa shape index (κ2) is 17.1. The molecule has 0 fully saturated rings. The monoisotopic (exact) mass is 840 g/mol. The van der Waals surface area contributed by atoms with Crippen LogP contribution in [0.25, 0.3) is 33.4 Å². The Balaban J connectivity index is 1.45. The van der Waals surface area contributed by atoms with Crippen molar-refractivity contribution in [3.8, 4) is 45.3 Å². The Labute approximate surface area is 382 Å². The van der Waals surface area contributed by atoms with E-state index in [1.807, 2.05) is 0 Å². The van der Waals surface area contributed by atoms with Gasteiger partial charge in [0.25, 0.3) is 0 Å². The molecule has 7 aromatic rings. The van der Waals surface area contributed by atoms with Crippen molar-refractivity contribution in [2.75, 3.05) is 0 Å². The third-order valence-corrected chi connectivity index (χ3v) is 13.5. The van der Waals surface area contributed by atoms with Crippen molar-refractivity contribution in [1.82, 2.24) is 0 Å². The van der Waals surface area contributed by atoms with E-state index in [9.17, 15) is 0 Å². The molecule has 0 bridgehead atoms. The summed E-state index contributed by atoms with van der Waals surface area (Å²) < 4.78 is 14.6. The Morgan fingerprint density at radius 2 is 0.625 bits per heavy atom. The van der Waals surface area contributed by atoms with E-state index in [1.54, 1.807) is 0 Å². The van der Waals surface area contributed by atoms with Crippen LogP contribution >= 0.6 is 0 Å². The molecular formula is C62H64O2. The second-order valence-corrected chi connectivity index (χ2v) is 20.0. The highest BCUT2D eigenvalue weighted by molar-refractivity contribution is 5.93. The zero-order valence-corrected chi connectivity index (χ0v) is 40.0. The fraction of sp³-hybridized carbons (Fsp3) is 0.290. The zero-order chi connectivity index (χ0) is 45.1. The first-order valence-electron chi connectivity index (χ1n) is 23.7. The predicted octanol–water partition coefficient (Wildman–Crippen LogP) is 16.5. The van der Waals surface area contributed by atoms with E-state index in [4.69, 9.17) is 9.47 Å². The normalized spacial score (nSPS) is 13.1. The van der Waals surface area contributed by atoms with E-state index in [0.29, 0.717) is 35.5 Å². The maximum Gasteiger partial charge on any atom is 0.136 e. The first-order valence-corrected chi connectivity index (χ1v) is 23.7. The highest BCUT2D eigenvalue weighted by Crippen LogP contribution is 2.47. The van der Waals surface area contributed by atoms with Crippen LogP contribution < -0.4 is 19.9 Å². The molecule has 0 aliphatic carbocycles. The summed E-state index contributed by atoms with van der Waals surface area (Å²) >= 11 is 0. The minimum atomic E-state index is 0.298. The summed E-state index contributed by atoms with van der Waals surface area (Å²) in [6.45, 7) is 28.0. The third kappa shape index (κ3) is 7.70. The molecular weight excluding hydrogens is 777 g/mol. The molecule has 2 aliphatic heterocycles. The van der Waals surface area contributed by atoms with E-state index in [2.05, 4.69) is 217 Å². The van der Waals surface area contributed by atoms with E-state index >= 15 is 0 Å². The Morgan fingerprint density at radius 3 is 0.922 bits per heavy atom. The summed E-state index contributed by atoms with van der Waals surface area (Å²) in [7, 11) is 0. The molecule has 0 saturated carbocycles. The number of benzene rings is 7. The summed E-state index contributed by atoms with van der Waals surface area (Å²) in [6.07, 6.45) is 0. The van der Waals surface area contributed by atoms with Gasteiger partial charge in [-0.25, -0.2) is 0 Å². The number of hydrogen-bond acceptors (Lipinski definition) is 2. The summed E-state index contributed by atoms with van der Waals surface area (Å²) in [6, 6.07) is 49.4. The summed E-state index contributed by atoms with van der Waals surface area (Å²) in [5.74, 6) is 5.47. The summed E-state index contributed by atoms with van der Waals surface area (Å²) in [5.41, 5.74) is 20.1. The van der Waals surface area contributed by atoms with Crippen molar-refractivity contribution in [3.63, 3.8) is 0 Å². The van der Waals surface area contributed by atoms with Gasteiger partial charge < -0.3 is 9.47 Å². The highest BCUT2D eigenvalue weighted by Gasteiger charge is 2.32.